The molecule has 2 fully saturated rings. The lowest BCUT2D eigenvalue weighted by molar-refractivity contribution is 0.0318. The molecule has 1 aromatic carbocycles. The van der Waals surface area contributed by atoms with Gasteiger partial charge in [0.25, 0.3) is 4.84 Å². The van der Waals surface area contributed by atoms with Crippen molar-refractivity contribution in [1.82, 2.24) is 14.7 Å². The molecule has 0 radical (unpaired) electrons. The van der Waals surface area contributed by atoms with Gasteiger partial charge in [-0.05, 0) is 56.0 Å². The molecule has 6 heteroatoms. The summed E-state index contributed by atoms with van der Waals surface area (Å²) in [5.41, 5.74) is 0.790. The second-order valence-corrected chi connectivity index (χ2v) is 7.62. The van der Waals surface area contributed by atoms with Gasteiger partial charge >= 0.3 is 0 Å². The summed E-state index contributed by atoms with van der Waals surface area (Å²) >= 11 is 11.6. The quantitative estimate of drug-likeness (QED) is 0.707. The highest BCUT2D eigenvalue weighted by Crippen LogP contribution is 2.35. The predicted molar refractivity (Wildman–Crippen MR) is 97.5 cm³/mol. The molecule has 128 valence electrons. The zero-order chi connectivity index (χ0) is 16.5. The summed E-state index contributed by atoms with van der Waals surface area (Å²) in [7, 11) is 0. The van der Waals surface area contributed by atoms with Crippen molar-refractivity contribution in [1.29, 1.82) is 0 Å². The first-order valence-electron chi connectivity index (χ1n) is 8.79. The number of piperidine rings is 1. The molecule has 2 aliphatic rings. The van der Waals surface area contributed by atoms with Crippen LogP contribution in [-0.4, -0.2) is 27.3 Å². The average molecular weight is 364 g/mol. The Morgan fingerprint density at radius 1 is 1.17 bits per heavy atom. The van der Waals surface area contributed by atoms with Crippen LogP contribution in [-0.2, 0) is 6.67 Å². The highest BCUT2D eigenvalue weighted by molar-refractivity contribution is 7.71. The summed E-state index contributed by atoms with van der Waals surface area (Å²) in [6.07, 6.45) is 8.03. The molecule has 2 heterocycles. The van der Waals surface area contributed by atoms with Gasteiger partial charge in [0.15, 0.2) is 0 Å². The maximum absolute atomic E-state index is 6.25. The number of hydrogen-bond acceptors (Lipinski definition) is 4. The van der Waals surface area contributed by atoms with Gasteiger partial charge in [-0.1, -0.05) is 36.6 Å². The molecule has 24 heavy (non-hydrogen) atoms. The Labute approximate surface area is 152 Å². The molecule has 1 saturated heterocycles. The Bertz CT molecular complexity index is 770. The van der Waals surface area contributed by atoms with E-state index in [1.165, 1.54) is 38.5 Å². The van der Waals surface area contributed by atoms with Crippen LogP contribution < -0.4 is 0 Å². The van der Waals surface area contributed by atoms with Crippen molar-refractivity contribution in [3.63, 3.8) is 0 Å². The lowest BCUT2D eigenvalue weighted by atomic mass is 9.78. The molecule has 1 aromatic heterocycles. The first-order chi connectivity index (χ1) is 11.7. The van der Waals surface area contributed by atoms with Crippen molar-refractivity contribution < 1.29 is 4.42 Å². The highest BCUT2D eigenvalue weighted by Gasteiger charge is 2.33. The fourth-order valence-electron chi connectivity index (χ4n) is 4.21. The monoisotopic (exact) mass is 363 g/mol. The van der Waals surface area contributed by atoms with Gasteiger partial charge in [-0.3, -0.25) is 4.90 Å². The normalized spacial score (nSPS) is 24.7. The minimum atomic E-state index is 0.419. The van der Waals surface area contributed by atoms with Gasteiger partial charge in [0.05, 0.1) is 17.3 Å². The van der Waals surface area contributed by atoms with Crippen LogP contribution in [0.1, 0.15) is 38.5 Å². The molecular formula is C18H22ClN3OS. The summed E-state index contributed by atoms with van der Waals surface area (Å²) in [5, 5.41) is 5.22. The Morgan fingerprint density at radius 2 is 1.96 bits per heavy atom. The molecule has 0 amide bonds. The van der Waals surface area contributed by atoms with Gasteiger partial charge in [0.2, 0.25) is 5.89 Å². The molecule has 4 nitrogen and oxygen atoms in total. The minimum Gasteiger partial charge on any atom is -0.409 e. The lowest BCUT2D eigenvalue weighted by Crippen LogP contribution is -2.47. The summed E-state index contributed by atoms with van der Waals surface area (Å²) in [4.78, 5) is 2.96. The molecule has 4 rings (SSSR count). The van der Waals surface area contributed by atoms with Crippen LogP contribution in [0.4, 0.5) is 0 Å². The number of benzene rings is 1. The molecule has 0 spiro atoms. The average Bonchev–Trinajstić information content (AvgIpc) is 2.96. The molecule has 2 atom stereocenters. The second-order valence-electron chi connectivity index (χ2n) is 6.86. The molecule has 1 aliphatic heterocycles. The van der Waals surface area contributed by atoms with E-state index in [4.69, 9.17) is 28.2 Å². The third-order valence-corrected chi connectivity index (χ3v) is 6.01. The molecular weight excluding hydrogens is 342 g/mol. The first kappa shape index (κ1) is 16.3. The summed E-state index contributed by atoms with van der Waals surface area (Å²) in [5.74, 6) is 1.35. The zero-order valence-electron chi connectivity index (χ0n) is 13.7. The van der Waals surface area contributed by atoms with E-state index in [9.17, 15) is 0 Å². The van der Waals surface area contributed by atoms with Crippen molar-refractivity contribution in [3.05, 3.63) is 34.1 Å². The van der Waals surface area contributed by atoms with E-state index >= 15 is 0 Å². The Kier molecular flexibility index (Phi) is 4.74. The summed E-state index contributed by atoms with van der Waals surface area (Å²) in [6.45, 7) is 1.84. The van der Waals surface area contributed by atoms with Gasteiger partial charge in [0, 0.05) is 12.6 Å². The van der Waals surface area contributed by atoms with Crippen LogP contribution in [0.2, 0.25) is 5.02 Å². The number of aromatic nitrogens is 2. The fourth-order valence-corrected chi connectivity index (χ4v) is 4.61. The SMILES string of the molecule is S=c1oc(-c2ccccc2Cl)nn1CN1CCC[C@H]2CCCC[C@H]21. The van der Waals surface area contributed by atoms with Crippen molar-refractivity contribution in [3.8, 4) is 11.5 Å². The predicted octanol–water partition coefficient (Wildman–Crippen LogP) is 5.14. The Hall–Kier alpha value is -1.17. The first-order valence-corrected chi connectivity index (χ1v) is 9.58. The van der Waals surface area contributed by atoms with E-state index < -0.39 is 0 Å². The van der Waals surface area contributed by atoms with Crippen LogP contribution in [0.15, 0.2) is 28.7 Å². The maximum atomic E-state index is 6.25. The van der Waals surface area contributed by atoms with Crippen molar-refractivity contribution in [2.24, 2.45) is 5.92 Å². The van der Waals surface area contributed by atoms with E-state index in [0.29, 0.717) is 28.5 Å². The van der Waals surface area contributed by atoms with Gasteiger partial charge in [0.1, 0.15) is 0 Å². The third kappa shape index (κ3) is 3.17. The fraction of sp³-hybridized carbons (Fsp3) is 0.556. The number of rotatable bonds is 3. The molecule has 0 bridgehead atoms. The smallest absolute Gasteiger partial charge is 0.288 e. The van der Waals surface area contributed by atoms with Crippen LogP contribution in [0.5, 0.6) is 0 Å². The van der Waals surface area contributed by atoms with Crippen LogP contribution in [0.25, 0.3) is 11.5 Å². The molecule has 2 aromatic rings. The third-order valence-electron chi connectivity index (χ3n) is 5.38. The molecule has 0 N–H and O–H groups in total. The van der Waals surface area contributed by atoms with Gasteiger partial charge < -0.3 is 4.42 Å². The minimum absolute atomic E-state index is 0.419. The van der Waals surface area contributed by atoms with Crippen LogP contribution in [0.3, 0.4) is 0 Å². The Balaban J connectivity index is 1.57. The van der Waals surface area contributed by atoms with E-state index in [-0.39, 0.29) is 0 Å². The number of halogens is 1. The number of likely N-dealkylation sites (tertiary alicyclic amines) is 1. The number of fused-ring (bicyclic) bond motifs is 1. The molecule has 0 unspecified atom stereocenters. The van der Waals surface area contributed by atoms with Crippen molar-refractivity contribution in [2.75, 3.05) is 6.54 Å². The van der Waals surface area contributed by atoms with E-state index in [1.54, 1.807) is 0 Å². The van der Waals surface area contributed by atoms with E-state index in [2.05, 4.69) is 10.00 Å². The zero-order valence-corrected chi connectivity index (χ0v) is 15.2. The van der Waals surface area contributed by atoms with Crippen molar-refractivity contribution in [2.45, 2.75) is 51.2 Å². The largest absolute Gasteiger partial charge is 0.409 e. The standard InChI is InChI=1S/C18H22ClN3OS/c19-15-9-3-2-8-14(15)17-20-22(18(24)23-17)12-21-11-5-7-13-6-1-4-10-16(13)21/h2-3,8-9,13,16H,1,4-7,10-12H2/t13-,16-/m1/s1. The van der Waals surface area contributed by atoms with Gasteiger partial charge in [-0.15, -0.1) is 5.10 Å². The molecule has 1 saturated carbocycles. The van der Waals surface area contributed by atoms with Crippen LogP contribution >= 0.6 is 23.8 Å². The van der Waals surface area contributed by atoms with Gasteiger partial charge in [-0.25, -0.2) is 4.68 Å². The second kappa shape index (κ2) is 6.98. The molecule has 1 aliphatic carbocycles. The summed E-state index contributed by atoms with van der Waals surface area (Å²) < 4.78 is 7.53. The number of nitrogens with zero attached hydrogens (tertiary/aromatic N) is 3. The van der Waals surface area contributed by atoms with E-state index in [1.807, 2.05) is 28.9 Å². The van der Waals surface area contributed by atoms with Crippen molar-refractivity contribution >= 4 is 23.8 Å². The topological polar surface area (TPSA) is 34.2 Å². The van der Waals surface area contributed by atoms with Gasteiger partial charge in [-0.2, -0.15) is 0 Å². The summed E-state index contributed by atoms with van der Waals surface area (Å²) in [6, 6.07) is 8.25. The van der Waals surface area contributed by atoms with Crippen LogP contribution in [0, 0.1) is 10.8 Å². The van der Waals surface area contributed by atoms with E-state index in [0.717, 1.165) is 18.0 Å². The Morgan fingerprint density at radius 3 is 2.83 bits per heavy atom. The maximum Gasteiger partial charge on any atom is 0.288 e. The lowest BCUT2D eigenvalue weighted by Gasteiger charge is -2.43. The number of hydrogen-bond donors (Lipinski definition) is 0. The highest BCUT2D eigenvalue weighted by atomic mass is 35.5.